The fraction of sp³-hybridized carbons (Fsp3) is 0.0588. The summed E-state index contributed by atoms with van der Waals surface area (Å²) < 4.78 is 11.3. The second kappa shape index (κ2) is 12.8. The van der Waals surface area contributed by atoms with Crippen LogP contribution in [0.25, 0.3) is 76.9 Å². The molecule has 57 heavy (non-hydrogen) atoms. The van der Waals surface area contributed by atoms with Crippen LogP contribution in [0.2, 0.25) is 0 Å². The van der Waals surface area contributed by atoms with Gasteiger partial charge in [0, 0.05) is 38.3 Å². The lowest BCUT2D eigenvalue weighted by atomic mass is 10.0. The first-order chi connectivity index (χ1) is 28.3. The van der Waals surface area contributed by atoms with Crippen LogP contribution in [-0.4, -0.2) is 9.13 Å². The number of fused-ring (bicyclic) bond motifs is 10. The Kier molecular flexibility index (Phi) is 7.25. The Hall–Kier alpha value is -6.96. The number of hydrogen-bond acceptors (Lipinski definition) is 4. The highest BCUT2D eigenvalue weighted by atomic mass is 16.3. The van der Waals surface area contributed by atoms with Gasteiger partial charge in [0.05, 0.1) is 46.0 Å². The summed E-state index contributed by atoms with van der Waals surface area (Å²) in [6, 6.07) is 67.3. The molecule has 0 amide bonds. The fourth-order valence-corrected chi connectivity index (χ4v) is 9.25. The molecule has 0 bridgehead atoms. The lowest BCUT2D eigenvalue weighted by Crippen LogP contribution is -2.54. The zero-order valence-electron chi connectivity index (χ0n) is 30.9. The smallest absolute Gasteiger partial charge is 0.137 e. The Balaban J connectivity index is 1.07. The van der Waals surface area contributed by atoms with E-state index in [1.165, 1.54) is 49.2 Å². The van der Waals surface area contributed by atoms with Crippen molar-refractivity contribution in [2.45, 2.75) is 18.5 Å². The van der Waals surface area contributed by atoms with Crippen molar-refractivity contribution in [3.05, 3.63) is 205 Å². The Morgan fingerprint density at radius 2 is 0.895 bits per heavy atom. The molecule has 2 unspecified atom stereocenters. The third kappa shape index (κ3) is 5.09. The van der Waals surface area contributed by atoms with Gasteiger partial charge in [-0.1, -0.05) is 127 Å². The maximum absolute atomic E-state index is 6.44. The first-order valence-corrected chi connectivity index (χ1v) is 19.6. The highest BCUT2D eigenvalue weighted by Crippen LogP contribution is 2.44. The SMILES string of the molecule is c1ccc(C2NC(c3ccccc3)NC(c3cccc(-n4c5ccccc5c5cc6c(cc54)c4ccc5oc7ccccc7c5c4n6-c4ccccc4)c3)N2)cc1. The van der Waals surface area contributed by atoms with E-state index in [2.05, 4.69) is 207 Å². The molecule has 1 aliphatic rings. The summed E-state index contributed by atoms with van der Waals surface area (Å²) in [6.07, 6.45) is -0.209. The van der Waals surface area contributed by atoms with Crippen LogP contribution < -0.4 is 16.0 Å². The number of hydrogen-bond donors (Lipinski definition) is 3. The zero-order valence-corrected chi connectivity index (χ0v) is 30.9. The third-order valence-electron chi connectivity index (χ3n) is 11.8. The van der Waals surface area contributed by atoms with E-state index < -0.39 is 0 Å². The number of benzene rings is 8. The minimum Gasteiger partial charge on any atom is -0.456 e. The molecule has 6 heteroatoms. The Morgan fingerprint density at radius 3 is 1.61 bits per heavy atom. The normalized spacial score (nSPS) is 17.4. The van der Waals surface area contributed by atoms with Gasteiger partial charge in [-0.05, 0) is 77.4 Å². The summed E-state index contributed by atoms with van der Waals surface area (Å²) >= 11 is 0. The van der Waals surface area contributed by atoms with Gasteiger partial charge in [-0.15, -0.1) is 0 Å². The van der Waals surface area contributed by atoms with E-state index in [-0.39, 0.29) is 18.5 Å². The van der Waals surface area contributed by atoms with Gasteiger partial charge < -0.3 is 13.6 Å². The summed E-state index contributed by atoms with van der Waals surface area (Å²) in [6.45, 7) is 0. The van der Waals surface area contributed by atoms with Gasteiger partial charge in [0.25, 0.3) is 0 Å². The van der Waals surface area contributed by atoms with E-state index >= 15 is 0 Å². The van der Waals surface area contributed by atoms with Gasteiger partial charge in [-0.25, -0.2) is 0 Å². The molecule has 0 spiro atoms. The van der Waals surface area contributed by atoms with Gasteiger partial charge >= 0.3 is 0 Å². The third-order valence-corrected chi connectivity index (χ3v) is 11.8. The lowest BCUT2D eigenvalue weighted by molar-refractivity contribution is 0.203. The first-order valence-electron chi connectivity index (χ1n) is 19.6. The molecule has 11 aromatic rings. The molecule has 8 aromatic carbocycles. The molecular weight excluding hydrogens is 699 g/mol. The largest absolute Gasteiger partial charge is 0.456 e. The maximum atomic E-state index is 6.44. The predicted octanol–water partition coefficient (Wildman–Crippen LogP) is 12.0. The van der Waals surface area contributed by atoms with Crippen LogP contribution in [0.3, 0.4) is 0 Å². The number of furan rings is 1. The summed E-state index contributed by atoms with van der Waals surface area (Å²) in [5.41, 5.74) is 12.3. The topological polar surface area (TPSA) is 59.1 Å². The minimum atomic E-state index is -0.113. The fourth-order valence-electron chi connectivity index (χ4n) is 9.25. The van der Waals surface area contributed by atoms with Crippen LogP contribution in [0.5, 0.6) is 0 Å². The molecule has 1 aliphatic heterocycles. The molecule has 3 N–H and O–H groups in total. The molecule has 0 aliphatic carbocycles. The van der Waals surface area contributed by atoms with Crippen molar-refractivity contribution >= 4 is 65.6 Å². The average Bonchev–Trinajstić information content (AvgIpc) is 3.93. The summed E-state index contributed by atoms with van der Waals surface area (Å²) in [5.74, 6) is 0. The van der Waals surface area contributed by atoms with E-state index in [1.54, 1.807) is 0 Å². The van der Waals surface area contributed by atoms with Gasteiger partial charge in [0.2, 0.25) is 0 Å². The lowest BCUT2D eigenvalue weighted by Gasteiger charge is -2.39. The number of para-hydroxylation sites is 3. The monoisotopic (exact) mass is 735 g/mol. The highest BCUT2D eigenvalue weighted by molar-refractivity contribution is 6.26. The molecule has 1 saturated heterocycles. The second-order valence-corrected chi connectivity index (χ2v) is 15.1. The maximum Gasteiger partial charge on any atom is 0.137 e. The zero-order chi connectivity index (χ0) is 37.5. The van der Waals surface area contributed by atoms with Crippen molar-refractivity contribution < 1.29 is 4.42 Å². The second-order valence-electron chi connectivity index (χ2n) is 15.1. The van der Waals surface area contributed by atoms with Crippen LogP contribution in [0, 0.1) is 0 Å². The van der Waals surface area contributed by atoms with E-state index in [9.17, 15) is 0 Å². The molecule has 0 radical (unpaired) electrons. The van der Waals surface area contributed by atoms with Crippen LogP contribution >= 0.6 is 0 Å². The van der Waals surface area contributed by atoms with E-state index in [0.29, 0.717) is 0 Å². The van der Waals surface area contributed by atoms with Crippen molar-refractivity contribution in [1.82, 2.24) is 25.1 Å². The Labute approximate surface area is 328 Å². The number of nitrogens with one attached hydrogen (secondary N) is 3. The molecule has 12 rings (SSSR count). The predicted molar refractivity (Wildman–Crippen MR) is 233 cm³/mol. The quantitative estimate of drug-likeness (QED) is 0.165. The average molecular weight is 736 g/mol. The van der Waals surface area contributed by atoms with E-state index in [4.69, 9.17) is 4.42 Å². The van der Waals surface area contributed by atoms with Gasteiger partial charge in [-0.3, -0.25) is 16.0 Å². The van der Waals surface area contributed by atoms with Crippen molar-refractivity contribution in [1.29, 1.82) is 0 Å². The molecule has 3 aromatic heterocycles. The molecule has 2 atom stereocenters. The summed E-state index contributed by atoms with van der Waals surface area (Å²) in [4.78, 5) is 0. The molecule has 6 nitrogen and oxygen atoms in total. The Morgan fingerprint density at radius 1 is 0.351 bits per heavy atom. The molecule has 0 saturated carbocycles. The van der Waals surface area contributed by atoms with Gasteiger partial charge in [0.15, 0.2) is 0 Å². The first kappa shape index (κ1) is 32.3. The van der Waals surface area contributed by atoms with Crippen molar-refractivity contribution in [2.24, 2.45) is 0 Å². The molecule has 272 valence electrons. The van der Waals surface area contributed by atoms with Gasteiger partial charge in [-0.2, -0.15) is 0 Å². The summed E-state index contributed by atoms with van der Waals surface area (Å²) in [7, 11) is 0. The molecular formula is C51H37N5O. The van der Waals surface area contributed by atoms with Crippen molar-refractivity contribution in [3.8, 4) is 11.4 Å². The van der Waals surface area contributed by atoms with Crippen LogP contribution in [0.15, 0.2) is 192 Å². The standard InChI is InChI=1S/C51H37N5O/c1-4-15-32(16-5-1)49-52-50(33-17-6-2-7-18-33)54-51(53-49)34-19-14-22-36(29-34)55-42-25-12-10-23-37(42)40-30-44-41(31-43(40)55)38-27-28-46-47(39-24-11-13-26-45(39)57-46)48(38)56(44)35-20-8-3-9-21-35/h1-31,49-54H. The van der Waals surface area contributed by atoms with E-state index in [1.807, 2.05) is 6.07 Å². The van der Waals surface area contributed by atoms with Crippen molar-refractivity contribution in [3.63, 3.8) is 0 Å². The number of nitrogens with zero attached hydrogens (tertiary/aromatic N) is 2. The number of aromatic nitrogens is 2. The number of rotatable bonds is 5. The van der Waals surface area contributed by atoms with Crippen LogP contribution in [-0.2, 0) is 0 Å². The van der Waals surface area contributed by atoms with Gasteiger partial charge in [0.1, 0.15) is 11.2 Å². The molecule has 1 fully saturated rings. The van der Waals surface area contributed by atoms with Crippen LogP contribution in [0.1, 0.15) is 35.2 Å². The van der Waals surface area contributed by atoms with E-state index in [0.717, 1.165) is 44.4 Å². The minimum absolute atomic E-state index is 0.0476. The molecule has 4 heterocycles. The summed E-state index contributed by atoms with van der Waals surface area (Å²) in [5, 5.41) is 18.6. The Bertz CT molecular complexity index is 3240. The highest BCUT2D eigenvalue weighted by Gasteiger charge is 2.30. The van der Waals surface area contributed by atoms with Crippen molar-refractivity contribution in [2.75, 3.05) is 0 Å². The van der Waals surface area contributed by atoms with Crippen LogP contribution in [0.4, 0.5) is 0 Å².